The van der Waals surface area contributed by atoms with Gasteiger partial charge in [-0.05, 0) is 49.6 Å². The largest absolute Gasteiger partial charge is 0.493 e. The summed E-state index contributed by atoms with van der Waals surface area (Å²) in [7, 11) is 1.42. The van der Waals surface area contributed by atoms with E-state index in [-0.39, 0.29) is 49.0 Å². The average molecular weight is 458 g/mol. The van der Waals surface area contributed by atoms with Crippen molar-refractivity contribution < 1.29 is 43.5 Å². The Hall–Kier alpha value is -3.30. The van der Waals surface area contributed by atoms with Crippen molar-refractivity contribution in [3.63, 3.8) is 0 Å². The van der Waals surface area contributed by atoms with Crippen molar-refractivity contribution in [3.05, 3.63) is 41.5 Å². The molecule has 0 saturated heterocycles. The van der Waals surface area contributed by atoms with Gasteiger partial charge in [0, 0.05) is 11.1 Å². The van der Waals surface area contributed by atoms with E-state index in [4.69, 9.17) is 23.7 Å². The van der Waals surface area contributed by atoms with Crippen molar-refractivity contribution >= 4 is 11.9 Å². The van der Waals surface area contributed by atoms with Crippen molar-refractivity contribution in [1.29, 1.82) is 0 Å². The minimum atomic E-state index is -2.12. The van der Waals surface area contributed by atoms with Crippen LogP contribution in [0.2, 0.25) is 0 Å². The molecule has 1 fully saturated rings. The van der Waals surface area contributed by atoms with Crippen molar-refractivity contribution in [2.24, 2.45) is 5.41 Å². The molecule has 0 unspecified atom stereocenters. The van der Waals surface area contributed by atoms with Gasteiger partial charge < -0.3 is 33.9 Å². The summed E-state index contributed by atoms with van der Waals surface area (Å²) in [6.45, 7) is 0.0918. The van der Waals surface area contributed by atoms with Crippen LogP contribution in [0.25, 0.3) is 11.1 Å². The van der Waals surface area contributed by atoms with E-state index in [1.54, 1.807) is 37.3 Å². The number of rotatable bonds is 9. The van der Waals surface area contributed by atoms with E-state index < -0.39 is 11.9 Å². The van der Waals surface area contributed by atoms with Gasteiger partial charge in [0.25, 0.3) is 0 Å². The average Bonchev–Trinajstić information content (AvgIpc) is 3.13. The van der Waals surface area contributed by atoms with E-state index in [9.17, 15) is 19.8 Å². The van der Waals surface area contributed by atoms with E-state index in [2.05, 4.69) is 0 Å². The summed E-state index contributed by atoms with van der Waals surface area (Å²) < 4.78 is 27.1. The maximum atomic E-state index is 12.6. The molecule has 0 spiro atoms. The summed E-state index contributed by atoms with van der Waals surface area (Å²) in [6.07, 6.45) is 2.13. The Morgan fingerprint density at radius 3 is 2.55 bits per heavy atom. The normalized spacial score (nSPS) is 16.0. The molecule has 1 saturated carbocycles. The minimum absolute atomic E-state index is 0.0174. The SMILES string of the molecule is CCOC(=O)C1(COc2c(-c3ccc4c(c3)COC4=O)ccc(OC)c2OC(O)O)CCC1. The maximum absolute atomic E-state index is 12.6. The Labute approximate surface area is 190 Å². The molecule has 2 N–H and O–H groups in total. The Kier molecular flexibility index (Phi) is 6.44. The highest BCUT2D eigenvalue weighted by Crippen LogP contribution is 2.48. The highest BCUT2D eigenvalue weighted by molar-refractivity contribution is 5.94. The van der Waals surface area contributed by atoms with Gasteiger partial charge in [0.1, 0.15) is 18.6 Å². The Bertz CT molecular complexity index is 1060. The first-order valence-electron chi connectivity index (χ1n) is 10.7. The highest BCUT2D eigenvalue weighted by atomic mass is 16.7. The van der Waals surface area contributed by atoms with Gasteiger partial charge in [-0.1, -0.05) is 12.5 Å². The molecular formula is C24H26O9. The molecule has 0 aromatic heterocycles. The van der Waals surface area contributed by atoms with E-state index >= 15 is 0 Å². The highest BCUT2D eigenvalue weighted by Gasteiger charge is 2.47. The molecule has 2 aromatic carbocycles. The third-order valence-corrected chi connectivity index (χ3v) is 6.03. The lowest BCUT2D eigenvalue weighted by molar-refractivity contribution is -0.181. The van der Waals surface area contributed by atoms with Gasteiger partial charge in [-0.25, -0.2) is 4.79 Å². The molecule has 2 aromatic rings. The smallest absolute Gasteiger partial charge is 0.338 e. The molecular weight excluding hydrogens is 432 g/mol. The minimum Gasteiger partial charge on any atom is -0.493 e. The predicted octanol–water partition coefficient (Wildman–Crippen LogP) is 2.79. The van der Waals surface area contributed by atoms with Crippen LogP contribution < -0.4 is 14.2 Å². The van der Waals surface area contributed by atoms with E-state index in [0.717, 1.165) is 12.0 Å². The van der Waals surface area contributed by atoms with Gasteiger partial charge in [-0.3, -0.25) is 4.79 Å². The van der Waals surface area contributed by atoms with Gasteiger partial charge in [0.15, 0.2) is 11.5 Å². The summed E-state index contributed by atoms with van der Waals surface area (Å²) in [5.74, 6) is -0.310. The number of hydrogen-bond donors (Lipinski definition) is 2. The molecule has 1 heterocycles. The fraction of sp³-hybridized carbons (Fsp3) is 0.417. The van der Waals surface area contributed by atoms with Gasteiger partial charge >= 0.3 is 18.4 Å². The number of hydrogen-bond acceptors (Lipinski definition) is 9. The topological polar surface area (TPSA) is 121 Å². The number of carbonyl (C=O) groups is 2. The standard InChI is InChI=1S/C24H26O9/c1-3-30-22(26)24(9-4-10-24)13-32-19-16(7-8-18(29-2)20(19)33-23(27)28)14-5-6-17-15(11-14)12-31-21(17)25/h5-8,11,23,27-28H,3-4,9-10,12-13H2,1-2H3. The fourth-order valence-electron chi connectivity index (χ4n) is 4.10. The molecule has 9 heteroatoms. The van der Waals surface area contributed by atoms with Gasteiger partial charge in [0.2, 0.25) is 5.75 Å². The van der Waals surface area contributed by atoms with Crippen LogP contribution in [0, 0.1) is 5.41 Å². The molecule has 0 amide bonds. The number of fused-ring (bicyclic) bond motifs is 1. The third-order valence-electron chi connectivity index (χ3n) is 6.03. The summed E-state index contributed by atoms with van der Waals surface area (Å²) in [5.41, 5.74) is 1.70. The van der Waals surface area contributed by atoms with Crippen LogP contribution in [0.1, 0.15) is 42.1 Å². The second-order valence-electron chi connectivity index (χ2n) is 8.01. The van der Waals surface area contributed by atoms with Crippen LogP contribution >= 0.6 is 0 Å². The quantitative estimate of drug-likeness (QED) is 0.432. The number of aliphatic hydroxyl groups excluding tert-OH is 1. The molecule has 9 nitrogen and oxygen atoms in total. The van der Waals surface area contributed by atoms with Crippen LogP contribution in [-0.2, 0) is 20.9 Å². The zero-order valence-electron chi connectivity index (χ0n) is 18.5. The first-order chi connectivity index (χ1) is 15.9. The first-order valence-corrected chi connectivity index (χ1v) is 10.7. The lowest BCUT2D eigenvalue weighted by Gasteiger charge is -2.38. The Morgan fingerprint density at radius 2 is 1.91 bits per heavy atom. The monoisotopic (exact) mass is 458 g/mol. The molecule has 0 radical (unpaired) electrons. The van der Waals surface area contributed by atoms with Crippen LogP contribution in [-0.4, -0.2) is 49.0 Å². The van der Waals surface area contributed by atoms with E-state index in [0.29, 0.717) is 29.5 Å². The van der Waals surface area contributed by atoms with Crippen LogP contribution in [0.4, 0.5) is 0 Å². The third kappa shape index (κ3) is 4.34. The number of carbonyl (C=O) groups excluding carboxylic acids is 2. The van der Waals surface area contributed by atoms with Crippen LogP contribution in [0.5, 0.6) is 17.2 Å². The molecule has 176 valence electrons. The fourth-order valence-corrected chi connectivity index (χ4v) is 4.10. The van der Waals surface area contributed by atoms with Gasteiger partial charge in [-0.2, -0.15) is 0 Å². The summed E-state index contributed by atoms with van der Waals surface area (Å²) in [5, 5.41) is 19.0. The molecule has 0 atom stereocenters. The lowest BCUT2D eigenvalue weighted by atomic mass is 9.69. The number of ether oxygens (including phenoxy) is 5. The van der Waals surface area contributed by atoms with Crippen molar-refractivity contribution in [3.8, 4) is 28.4 Å². The Morgan fingerprint density at radius 1 is 1.15 bits per heavy atom. The van der Waals surface area contributed by atoms with Gasteiger partial charge in [0.05, 0.1) is 19.3 Å². The molecule has 2 aliphatic rings. The van der Waals surface area contributed by atoms with Crippen molar-refractivity contribution in [2.45, 2.75) is 39.3 Å². The second kappa shape index (κ2) is 9.29. The Balaban J connectivity index is 1.76. The van der Waals surface area contributed by atoms with Crippen molar-refractivity contribution in [2.75, 3.05) is 20.3 Å². The zero-order chi connectivity index (χ0) is 23.6. The second-order valence-corrected chi connectivity index (χ2v) is 8.01. The first kappa shape index (κ1) is 22.9. The van der Waals surface area contributed by atoms with Crippen LogP contribution in [0.3, 0.4) is 0 Å². The van der Waals surface area contributed by atoms with Gasteiger partial charge in [-0.15, -0.1) is 0 Å². The number of esters is 2. The number of methoxy groups -OCH3 is 1. The van der Waals surface area contributed by atoms with Crippen LogP contribution in [0.15, 0.2) is 30.3 Å². The number of benzene rings is 2. The summed E-state index contributed by atoms with van der Waals surface area (Å²) >= 11 is 0. The molecule has 33 heavy (non-hydrogen) atoms. The number of aliphatic hydroxyl groups is 2. The van der Waals surface area contributed by atoms with Crippen molar-refractivity contribution in [1.82, 2.24) is 0 Å². The summed E-state index contributed by atoms with van der Waals surface area (Å²) in [6, 6.07) is 8.56. The molecule has 1 aliphatic carbocycles. The predicted molar refractivity (Wildman–Crippen MR) is 115 cm³/mol. The van der Waals surface area contributed by atoms with E-state index in [1.807, 2.05) is 0 Å². The van der Waals surface area contributed by atoms with E-state index in [1.165, 1.54) is 7.11 Å². The number of cyclic esters (lactones) is 1. The zero-order valence-corrected chi connectivity index (χ0v) is 18.5. The molecule has 1 aliphatic heterocycles. The summed E-state index contributed by atoms with van der Waals surface area (Å²) in [4.78, 5) is 24.4. The molecule has 0 bridgehead atoms. The molecule has 4 rings (SSSR count). The lowest BCUT2D eigenvalue weighted by Crippen LogP contribution is -2.44. The maximum Gasteiger partial charge on any atom is 0.338 e.